The van der Waals surface area contributed by atoms with E-state index in [-0.39, 0.29) is 11.0 Å². The number of benzene rings is 1. The Labute approximate surface area is 143 Å². The van der Waals surface area contributed by atoms with E-state index in [1.165, 1.54) is 11.8 Å². The number of hydrogen-bond acceptors (Lipinski definition) is 5. The van der Waals surface area contributed by atoms with Crippen LogP contribution in [-0.4, -0.2) is 25.8 Å². The van der Waals surface area contributed by atoms with E-state index in [4.69, 9.17) is 0 Å². The van der Waals surface area contributed by atoms with Gasteiger partial charge in [0, 0.05) is 12.1 Å². The molecule has 0 aliphatic rings. The molecule has 0 saturated carbocycles. The van der Waals surface area contributed by atoms with Gasteiger partial charge >= 0.3 is 0 Å². The molecule has 4 nitrogen and oxygen atoms in total. The first-order valence-corrected chi connectivity index (χ1v) is 9.19. The summed E-state index contributed by atoms with van der Waals surface area (Å²) < 4.78 is 2.06. The predicted octanol–water partition coefficient (Wildman–Crippen LogP) is 4.39. The number of carbonyl (C=O) groups is 1. The molecule has 0 N–H and O–H groups in total. The minimum absolute atomic E-state index is 0.110. The molecule has 0 bridgehead atoms. The Morgan fingerprint density at radius 3 is 2.65 bits per heavy atom. The zero-order valence-corrected chi connectivity index (χ0v) is 14.6. The number of aromatic nitrogens is 3. The summed E-state index contributed by atoms with van der Waals surface area (Å²) in [5, 5.41) is 11.2. The lowest BCUT2D eigenvalue weighted by Crippen LogP contribution is -2.14. The summed E-state index contributed by atoms with van der Waals surface area (Å²) in [6.07, 6.45) is 0. The molecule has 0 spiro atoms. The van der Waals surface area contributed by atoms with Gasteiger partial charge in [0.1, 0.15) is 0 Å². The van der Waals surface area contributed by atoms with Crippen LogP contribution in [0.2, 0.25) is 0 Å². The molecule has 0 unspecified atom stereocenters. The van der Waals surface area contributed by atoms with Crippen LogP contribution in [0.3, 0.4) is 0 Å². The Hall–Kier alpha value is -1.92. The first-order valence-electron chi connectivity index (χ1n) is 7.43. The molecule has 0 saturated heterocycles. The minimum atomic E-state index is -0.205. The van der Waals surface area contributed by atoms with E-state index < -0.39 is 0 Å². The normalized spacial score (nSPS) is 12.3. The third-order valence-electron chi connectivity index (χ3n) is 3.48. The van der Waals surface area contributed by atoms with Crippen LogP contribution in [0.15, 0.2) is 53.0 Å². The first-order chi connectivity index (χ1) is 11.2. The van der Waals surface area contributed by atoms with Gasteiger partial charge in [0.2, 0.25) is 0 Å². The molecule has 0 aliphatic carbocycles. The summed E-state index contributed by atoms with van der Waals surface area (Å²) >= 11 is 3.10. The van der Waals surface area contributed by atoms with Gasteiger partial charge in [-0.2, -0.15) is 0 Å². The molecule has 0 aliphatic heterocycles. The minimum Gasteiger partial charge on any atom is -0.302 e. The summed E-state index contributed by atoms with van der Waals surface area (Å²) in [4.78, 5) is 13.6. The van der Waals surface area contributed by atoms with Gasteiger partial charge in [-0.3, -0.25) is 4.79 Å². The summed E-state index contributed by atoms with van der Waals surface area (Å²) in [6, 6.07) is 13.4. The number of Topliss-reactive ketones (excluding diaryl/α,β-unsaturated/α-hetero) is 1. The molecule has 2 heterocycles. The summed E-state index contributed by atoms with van der Waals surface area (Å²) in [5.41, 5.74) is 0.730. The average molecular weight is 343 g/mol. The predicted molar refractivity (Wildman–Crippen MR) is 95.1 cm³/mol. The van der Waals surface area contributed by atoms with E-state index in [0.29, 0.717) is 0 Å². The summed E-state index contributed by atoms with van der Waals surface area (Å²) in [6.45, 7) is 4.75. The molecule has 0 fully saturated rings. The van der Waals surface area contributed by atoms with Crippen LogP contribution in [0.1, 0.15) is 24.2 Å². The quantitative estimate of drug-likeness (QED) is 0.492. The van der Waals surface area contributed by atoms with Gasteiger partial charge in [-0.1, -0.05) is 48.2 Å². The topological polar surface area (TPSA) is 47.8 Å². The van der Waals surface area contributed by atoms with Crippen LogP contribution < -0.4 is 0 Å². The van der Waals surface area contributed by atoms with Crippen molar-refractivity contribution >= 4 is 28.9 Å². The lowest BCUT2D eigenvalue weighted by Gasteiger charge is -2.11. The highest BCUT2D eigenvalue weighted by atomic mass is 32.2. The number of ketones is 1. The smallest absolute Gasteiger partial charge is 0.192 e. The van der Waals surface area contributed by atoms with Crippen molar-refractivity contribution in [1.29, 1.82) is 0 Å². The molecule has 0 radical (unpaired) electrons. The van der Waals surface area contributed by atoms with Crippen molar-refractivity contribution in [3.63, 3.8) is 0 Å². The van der Waals surface area contributed by atoms with E-state index in [2.05, 4.69) is 21.7 Å². The average Bonchev–Trinajstić information content (AvgIpc) is 3.23. The molecular weight excluding hydrogens is 326 g/mol. The van der Waals surface area contributed by atoms with Crippen molar-refractivity contribution in [1.82, 2.24) is 14.8 Å². The van der Waals surface area contributed by atoms with Gasteiger partial charge in [0.25, 0.3) is 0 Å². The number of carbonyl (C=O) groups excluding carboxylic acids is 1. The summed E-state index contributed by atoms with van der Waals surface area (Å²) in [7, 11) is 0. The second kappa shape index (κ2) is 7.10. The largest absolute Gasteiger partial charge is 0.302 e. The number of thioether (sulfide) groups is 1. The maximum Gasteiger partial charge on any atom is 0.192 e. The van der Waals surface area contributed by atoms with Gasteiger partial charge in [-0.25, -0.2) is 0 Å². The molecule has 3 aromatic rings. The Balaban J connectivity index is 1.82. The van der Waals surface area contributed by atoms with Gasteiger partial charge in [-0.15, -0.1) is 21.5 Å². The maximum absolute atomic E-state index is 12.5. The number of hydrogen-bond donors (Lipinski definition) is 0. The van der Waals surface area contributed by atoms with E-state index >= 15 is 0 Å². The zero-order chi connectivity index (χ0) is 16.2. The SMILES string of the molecule is CCn1c(S[C@H](C)C(=O)c2ccccc2)nnc1-c1cccs1. The first kappa shape index (κ1) is 16.0. The van der Waals surface area contributed by atoms with E-state index in [9.17, 15) is 4.79 Å². The lowest BCUT2D eigenvalue weighted by molar-refractivity contribution is 0.0994. The number of nitrogens with zero attached hydrogens (tertiary/aromatic N) is 3. The van der Waals surface area contributed by atoms with Gasteiger partial charge in [0.05, 0.1) is 10.1 Å². The van der Waals surface area contributed by atoms with Gasteiger partial charge < -0.3 is 4.57 Å². The highest BCUT2D eigenvalue weighted by Gasteiger charge is 2.21. The monoisotopic (exact) mass is 343 g/mol. The fourth-order valence-corrected chi connectivity index (χ4v) is 4.01. The van der Waals surface area contributed by atoms with E-state index in [0.717, 1.165) is 28.0 Å². The third-order valence-corrected chi connectivity index (χ3v) is 5.43. The molecule has 23 heavy (non-hydrogen) atoms. The van der Waals surface area contributed by atoms with Gasteiger partial charge in [0.15, 0.2) is 16.8 Å². The summed E-state index contributed by atoms with van der Waals surface area (Å²) in [5.74, 6) is 0.975. The number of thiophene rings is 1. The van der Waals surface area contributed by atoms with Crippen molar-refractivity contribution in [3.8, 4) is 10.7 Å². The van der Waals surface area contributed by atoms with Crippen LogP contribution in [0.25, 0.3) is 10.7 Å². The molecule has 1 atom stereocenters. The Morgan fingerprint density at radius 2 is 2.00 bits per heavy atom. The second-order valence-electron chi connectivity index (χ2n) is 5.02. The lowest BCUT2D eigenvalue weighted by atomic mass is 10.1. The van der Waals surface area contributed by atoms with Crippen LogP contribution >= 0.6 is 23.1 Å². The molecule has 6 heteroatoms. The Kier molecular flexibility index (Phi) is 4.93. The highest BCUT2D eigenvalue weighted by Crippen LogP contribution is 2.30. The molecule has 118 valence electrons. The van der Waals surface area contributed by atoms with Gasteiger partial charge in [-0.05, 0) is 25.3 Å². The van der Waals surface area contributed by atoms with Crippen molar-refractivity contribution in [2.75, 3.05) is 0 Å². The highest BCUT2D eigenvalue weighted by molar-refractivity contribution is 8.00. The second-order valence-corrected chi connectivity index (χ2v) is 7.27. The molecule has 0 amide bonds. The van der Waals surface area contributed by atoms with Crippen LogP contribution in [0.5, 0.6) is 0 Å². The fraction of sp³-hybridized carbons (Fsp3) is 0.235. The van der Waals surface area contributed by atoms with E-state index in [1.54, 1.807) is 11.3 Å². The third kappa shape index (κ3) is 3.38. The standard InChI is InChI=1S/C17H17N3OS2/c1-3-20-16(14-10-7-11-22-14)18-19-17(20)23-12(2)15(21)13-8-5-4-6-9-13/h4-12H,3H2,1-2H3/t12-/m1/s1. The van der Waals surface area contributed by atoms with Crippen LogP contribution in [0, 0.1) is 0 Å². The van der Waals surface area contributed by atoms with Crippen molar-refractivity contribution in [3.05, 3.63) is 53.4 Å². The molecule has 1 aromatic carbocycles. The molecular formula is C17H17N3OS2. The van der Waals surface area contributed by atoms with Crippen molar-refractivity contribution < 1.29 is 4.79 Å². The Morgan fingerprint density at radius 1 is 1.22 bits per heavy atom. The maximum atomic E-state index is 12.5. The van der Waals surface area contributed by atoms with E-state index in [1.807, 2.05) is 54.8 Å². The molecule has 3 rings (SSSR count). The molecule has 2 aromatic heterocycles. The number of rotatable bonds is 6. The van der Waals surface area contributed by atoms with Crippen LogP contribution in [0.4, 0.5) is 0 Å². The Bertz CT molecular complexity index is 782. The van der Waals surface area contributed by atoms with Crippen molar-refractivity contribution in [2.24, 2.45) is 0 Å². The zero-order valence-electron chi connectivity index (χ0n) is 13.0. The fourth-order valence-electron chi connectivity index (χ4n) is 2.30. The van der Waals surface area contributed by atoms with Crippen LogP contribution in [-0.2, 0) is 6.54 Å². The van der Waals surface area contributed by atoms with Crippen molar-refractivity contribution in [2.45, 2.75) is 30.8 Å².